The Balaban J connectivity index is 1.74. The first-order valence-electron chi connectivity index (χ1n) is 7.59. The third-order valence-electron chi connectivity index (χ3n) is 4.45. The molecule has 21 heavy (non-hydrogen) atoms. The Morgan fingerprint density at radius 2 is 1.90 bits per heavy atom. The Bertz CT molecular complexity index is 467. The summed E-state index contributed by atoms with van der Waals surface area (Å²) in [5.41, 5.74) is 2.19. The largest absolute Gasteiger partial charge is 0.491 e. The summed E-state index contributed by atoms with van der Waals surface area (Å²) in [4.78, 5) is 0. The van der Waals surface area contributed by atoms with Crippen molar-refractivity contribution in [2.24, 2.45) is 5.41 Å². The topological polar surface area (TPSA) is 61.7 Å². The summed E-state index contributed by atoms with van der Waals surface area (Å²) in [6.45, 7) is 8.88. The lowest BCUT2D eigenvalue weighted by Crippen LogP contribution is -2.61. The number of nitrogens with one attached hydrogen (secondary N) is 1. The van der Waals surface area contributed by atoms with Gasteiger partial charge >= 0.3 is 0 Å². The second-order valence-electron chi connectivity index (χ2n) is 6.82. The van der Waals surface area contributed by atoms with Gasteiger partial charge in [-0.2, -0.15) is 0 Å². The zero-order valence-corrected chi connectivity index (χ0v) is 13.4. The van der Waals surface area contributed by atoms with E-state index in [4.69, 9.17) is 4.74 Å². The molecule has 4 heteroatoms. The molecule has 0 radical (unpaired) electrons. The van der Waals surface area contributed by atoms with Crippen LogP contribution in [0.15, 0.2) is 18.2 Å². The number of hydrogen-bond acceptors (Lipinski definition) is 4. The first kappa shape index (κ1) is 16.3. The third-order valence-corrected chi connectivity index (χ3v) is 4.45. The molecule has 1 aromatic rings. The Hall–Kier alpha value is -1.10. The van der Waals surface area contributed by atoms with Gasteiger partial charge in [-0.3, -0.25) is 0 Å². The molecule has 0 saturated heterocycles. The van der Waals surface area contributed by atoms with Crippen molar-refractivity contribution >= 4 is 0 Å². The lowest BCUT2D eigenvalue weighted by Gasteiger charge is -2.49. The van der Waals surface area contributed by atoms with Crippen molar-refractivity contribution in [1.29, 1.82) is 0 Å². The molecule has 0 amide bonds. The molecule has 3 atom stereocenters. The minimum Gasteiger partial charge on any atom is -0.491 e. The molecular weight excluding hydrogens is 266 g/mol. The van der Waals surface area contributed by atoms with Crippen molar-refractivity contribution in [3.63, 3.8) is 0 Å². The van der Waals surface area contributed by atoms with Gasteiger partial charge in [-0.25, -0.2) is 0 Å². The van der Waals surface area contributed by atoms with Crippen LogP contribution in [0.3, 0.4) is 0 Å². The SMILES string of the molecule is Cc1cc(C)cc(OCC(O)CNC2CC(O)C2(C)C)c1. The maximum absolute atomic E-state index is 10.0. The van der Waals surface area contributed by atoms with Crippen molar-refractivity contribution in [2.45, 2.75) is 52.4 Å². The minimum absolute atomic E-state index is 0.117. The van der Waals surface area contributed by atoms with E-state index in [1.807, 2.05) is 39.8 Å². The van der Waals surface area contributed by atoms with Crippen molar-refractivity contribution in [1.82, 2.24) is 5.32 Å². The lowest BCUT2D eigenvalue weighted by atomic mass is 9.64. The molecule has 0 heterocycles. The van der Waals surface area contributed by atoms with E-state index in [-0.39, 0.29) is 24.2 Å². The average molecular weight is 293 g/mol. The Kier molecular flexibility index (Phi) is 4.91. The first-order chi connectivity index (χ1) is 9.79. The first-order valence-corrected chi connectivity index (χ1v) is 7.59. The highest BCUT2D eigenvalue weighted by atomic mass is 16.5. The fraction of sp³-hybridized carbons (Fsp3) is 0.647. The third kappa shape index (κ3) is 3.96. The molecule has 4 nitrogen and oxygen atoms in total. The van der Waals surface area contributed by atoms with Gasteiger partial charge in [0.2, 0.25) is 0 Å². The van der Waals surface area contributed by atoms with E-state index in [0.29, 0.717) is 6.54 Å². The van der Waals surface area contributed by atoms with Crippen LogP contribution in [0.2, 0.25) is 0 Å². The molecule has 3 N–H and O–H groups in total. The Labute approximate surface area is 127 Å². The minimum atomic E-state index is -0.556. The lowest BCUT2D eigenvalue weighted by molar-refractivity contribution is -0.0755. The maximum Gasteiger partial charge on any atom is 0.119 e. The Morgan fingerprint density at radius 1 is 1.29 bits per heavy atom. The van der Waals surface area contributed by atoms with E-state index < -0.39 is 6.10 Å². The highest BCUT2D eigenvalue weighted by Crippen LogP contribution is 2.40. The van der Waals surface area contributed by atoms with E-state index in [1.54, 1.807) is 0 Å². The highest BCUT2D eigenvalue weighted by molar-refractivity contribution is 5.32. The molecule has 1 aliphatic rings. The number of ether oxygens (including phenoxy) is 1. The number of aryl methyl sites for hydroxylation is 2. The molecule has 118 valence electrons. The van der Waals surface area contributed by atoms with E-state index in [9.17, 15) is 10.2 Å². The molecule has 1 aromatic carbocycles. The molecule has 3 unspecified atom stereocenters. The van der Waals surface area contributed by atoms with Crippen LogP contribution in [0, 0.1) is 19.3 Å². The monoisotopic (exact) mass is 293 g/mol. The summed E-state index contributed by atoms with van der Waals surface area (Å²) >= 11 is 0. The zero-order chi connectivity index (χ0) is 15.6. The highest BCUT2D eigenvalue weighted by Gasteiger charge is 2.46. The maximum atomic E-state index is 10.0. The summed E-state index contributed by atoms with van der Waals surface area (Å²) < 4.78 is 5.65. The number of aliphatic hydroxyl groups excluding tert-OH is 2. The van der Waals surface area contributed by atoms with E-state index >= 15 is 0 Å². The smallest absolute Gasteiger partial charge is 0.119 e. The van der Waals surface area contributed by atoms with Crippen molar-refractivity contribution in [3.05, 3.63) is 29.3 Å². The van der Waals surface area contributed by atoms with Crippen LogP contribution < -0.4 is 10.1 Å². The molecule has 1 fully saturated rings. The van der Waals surface area contributed by atoms with Gasteiger partial charge in [0, 0.05) is 18.0 Å². The van der Waals surface area contributed by atoms with Gasteiger partial charge in [-0.15, -0.1) is 0 Å². The molecule has 0 aromatic heterocycles. The molecular formula is C17H27NO3. The standard InChI is InChI=1S/C17H27NO3/c1-11-5-12(2)7-14(6-11)21-10-13(19)9-18-15-8-16(20)17(15,3)4/h5-7,13,15-16,18-20H,8-10H2,1-4H3. The normalized spacial score (nSPS) is 25.2. The predicted octanol–water partition coefficient (Wildman–Crippen LogP) is 1.79. The summed E-state index contributed by atoms with van der Waals surface area (Å²) in [6, 6.07) is 6.29. The number of rotatable bonds is 6. The summed E-state index contributed by atoms with van der Waals surface area (Å²) in [6.07, 6.45) is -0.0597. The molecule has 2 rings (SSSR count). The van der Waals surface area contributed by atoms with Gasteiger partial charge in [0.1, 0.15) is 18.5 Å². The molecule has 1 saturated carbocycles. The molecule has 0 bridgehead atoms. The van der Waals surface area contributed by atoms with Gasteiger partial charge < -0.3 is 20.3 Å². The van der Waals surface area contributed by atoms with Crippen molar-refractivity contribution in [3.8, 4) is 5.75 Å². The van der Waals surface area contributed by atoms with Crippen LogP contribution in [0.25, 0.3) is 0 Å². The summed E-state index contributed by atoms with van der Waals surface area (Å²) in [5.74, 6) is 0.797. The molecule has 1 aliphatic carbocycles. The predicted molar refractivity (Wildman–Crippen MR) is 83.6 cm³/mol. The van der Waals surface area contributed by atoms with E-state index in [1.165, 1.54) is 0 Å². The number of hydrogen-bond donors (Lipinski definition) is 3. The van der Waals surface area contributed by atoms with E-state index in [2.05, 4.69) is 11.4 Å². The van der Waals surface area contributed by atoms with Crippen LogP contribution in [-0.4, -0.2) is 41.6 Å². The fourth-order valence-corrected chi connectivity index (χ4v) is 2.79. The van der Waals surface area contributed by atoms with Crippen molar-refractivity contribution in [2.75, 3.05) is 13.2 Å². The van der Waals surface area contributed by atoms with E-state index in [0.717, 1.165) is 23.3 Å². The molecule has 0 aliphatic heterocycles. The zero-order valence-electron chi connectivity index (χ0n) is 13.4. The second-order valence-corrected chi connectivity index (χ2v) is 6.82. The van der Waals surface area contributed by atoms with Crippen LogP contribution in [0.4, 0.5) is 0 Å². The number of benzene rings is 1. The summed E-state index contributed by atoms with van der Waals surface area (Å²) in [7, 11) is 0. The second kappa shape index (κ2) is 6.34. The van der Waals surface area contributed by atoms with Gasteiger partial charge in [0.15, 0.2) is 0 Å². The Morgan fingerprint density at radius 3 is 2.43 bits per heavy atom. The van der Waals surface area contributed by atoms with Crippen molar-refractivity contribution < 1.29 is 14.9 Å². The quantitative estimate of drug-likeness (QED) is 0.748. The molecule has 0 spiro atoms. The van der Waals surface area contributed by atoms with Crippen LogP contribution >= 0.6 is 0 Å². The van der Waals surface area contributed by atoms with Gasteiger partial charge in [-0.1, -0.05) is 19.9 Å². The summed E-state index contributed by atoms with van der Waals surface area (Å²) in [5, 5.41) is 23.0. The van der Waals surface area contributed by atoms with Gasteiger partial charge in [0.05, 0.1) is 6.10 Å². The fourth-order valence-electron chi connectivity index (χ4n) is 2.79. The van der Waals surface area contributed by atoms with Crippen LogP contribution in [0.1, 0.15) is 31.4 Å². The average Bonchev–Trinajstić information content (AvgIpc) is 2.40. The van der Waals surface area contributed by atoms with Crippen LogP contribution in [-0.2, 0) is 0 Å². The van der Waals surface area contributed by atoms with Crippen LogP contribution in [0.5, 0.6) is 5.75 Å². The van der Waals surface area contributed by atoms with Gasteiger partial charge in [0.25, 0.3) is 0 Å². The number of aliphatic hydroxyl groups is 2. The van der Waals surface area contributed by atoms with Gasteiger partial charge in [-0.05, 0) is 43.5 Å².